The number of alkyl halides is 3. The van der Waals surface area contributed by atoms with Crippen LogP contribution in [0.25, 0.3) is 0 Å². The Hall–Kier alpha value is -0.920. The highest BCUT2D eigenvalue weighted by Crippen LogP contribution is 2.37. The Labute approximate surface area is 127 Å². The molecule has 0 aliphatic rings. The van der Waals surface area contributed by atoms with Crippen LogP contribution in [-0.2, 0) is 6.18 Å². The highest BCUT2D eigenvalue weighted by molar-refractivity contribution is 9.10. The SMILES string of the molecule is CCNC(c1cnc(C(F)(F)F)s1)c1ccccc1Br. The van der Waals surface area contributed by atoms with Gasteiger partial charge in [0.15, 0.2) is 5.01 Å². The molecule has 1 aromatic heterocycles. The summed E-state index contributed by atoms with van der Waals surface area (Å²) in [7, 11) is 0. The molecule has 7 heteroatoms. The molecule has 0 aliphatic carbocycles. The fourth-order valence-corrected chi connectivity index (χ4v) is 3.22. The fraction of sp³-hybridized carbons (Fsp3) is 0.308. The van der Waals surface area contributed by atoms with Crippen LogP contribution in [0.2, 0.25) is 0 Å². The van der Waals surface area contributed by atoms with E-state index in [0.717, 1.165) is 10.0 Å². The van der Waals surface area contributed by atoms with Crippen molar-refractivity contribution < 1.29 is 13.2 Å². The molecule has 0 aliphatic heterocycles. The van der Waals surface area contributed by atoms with Crippen molar-refractivity contribution in [3.05, 3.63) is 50.4 Å². The third-order valence-corrected chi connectivity index (χ3v) is 4.50. The zero-order valence-corrected chi connectivity index (χ0v) is 12.9. The van der Waals surface area contributed by atoms with Gasteiger partial charge in [0, 0.05) is 15.5 Å². The minimum absolute atomic E-state index is 0.302. The molecule has 2 aromatic rings. The second-order valence-corrected chi connectivity index (χ2v) is 5.99. The molecule has 1 N–H and O–H groups in total. The predicted octanol–water partition coefficient (Wildman–Crippen LogP) is 4.62. The van der Waals surface area contributed by atoms with E-state index in [4.69, 9.17) is 0 Å². The number of nitrogens with zero attached hydrogens (tertiary/aromatic N) is 1. The predicted molar refractivity (Wildman–Crippen MR) is 76.8 cm³/mol. The van der Waals surface area contributed by atoms with Gasteiger partial charge in [-0.05, 0) is 18.2 Å². The van der Waals surface area contributed by atoms with Crippen LogP contribution in [0.5, 0.6) is 0 Å². The lowest BCUT2D eigenvalue weighted by molar-refractivity contribution is -0.137. The average Bonchev–Trinajstić information content (AvgIpc) is 2.86. The molecule has 0 spiro atoms. The lowest BCUT2D eigenvalue weighted by Crippen LogP contribution is -2.21. The Morgan fingerprint density at radius 1 is 1.35 bits per heavy atom. The van der Waals surface area contributed by atoms with E-state index in [2.05, 4.69) is 26.2 Å². The van der Waals surface area contributed by atoms with Gasteiger partial charge in [0.05, 0.1) is 6.04 Å². The third kappa shape index (κ3) is 3.39. The maximum absolute atomic E-state index is 12.7. The second-order valence-electron chi connectivity index (χ2n) is 4.08. The first-order valence-corrected chi connectivity index (χ1v) is 7.55. The standard InChI is InChI=1S/C13H12BrF3N2S/c1-2-18-11(8-5-3-4-6-9(8)14)10-7-19-12(20-10)13(15,16)17/h3-7,11,18H,2H2,1H3. The van der Waals surface area contributed by atoms with Crippen LogP contribution in [0.4, 0.5) is 13.2 Å². The van der Waals surface area contributed by atoms with Gasteiger partial charge in [0.1, 0.15) is 0 Å². The summed E-state index contributed by atoms with van der Waals surface area (Å²) >= 11 is 4.10. The highest BCUT2D eigenvalue weighted by Gasteiger charge is 2.35. The molecular weight excluding hydrogens is 353 g/mol. The van der Waals surface area contributed by atoms with Gasteiger partial charge >= 0.3 is 6.18 Å². The van der Waals surface area contributed by atoms with Crippen molar-refractivity contribution in [3.8, 4) is 0 Å². The van der Waals surface area contributed by atoms with Gasteiger partial charge in [-0.15, -0.1) is 11.3 Å². The van der Waals surface area contributed by atoms with Gasteiger partial charge in [-0.1, -0.05) is 41.1 Å². The summed E-state index contributed by atoms with van der Waals surface area (Å²) in [4.78, 5) is 4.03. The summed E-state index contributed by atoms with van der Waals surface area (Å²) in [6, 6.07) is 7.17. The van der Waals surface area contributed by atoms with E-state index in [0.29, 0.717) is 22.8 Å². The zero-order chi connectivity index (χ0) is 14.8. The van der Waals surface area contributed by atoms with Crippen LogP contribution >= 0.6 is 27.3 Å². The largest absolute Gasteiger partial charge is 0.443 e. The zero-order valence-electron chi connectivity index (χ0n) is 10.5. The maximum Gasteiger partial charge on any atom is 0.443 e. The number of hydrogen-bond acceptors (Lipinski definition) is 3. The monoisotopic (exact) mass is 364 g/mol. The van der Waals surface area contributed by atoms with Crippen LogP contribution in [-0.4, -0.2) is 11.5 Å². The first kappa shape index (κ1) is 15.5. The van der Waals surface area contributed by atoms with Crippen molar-refractivity contribution in [2.24, 2.45) is 0 Å². The Morgan fingerprint density at radius 3 is 2.60 bits per heavy atom. The highest BCUT2D eigenvalue weighted by atomic mass is 79.9. The van der Waals surface area contributed by atoms with Crippen LogP contribution in [0.15, 0.2) is 34.9 Å². The van der Waals surface area contributed by atoms with Crippen LogP contribution in [0, 0.1) is 0 Å². The minimum atomic E-state index is -4.40. The molecule has 2 nitrogen and oxygen atoms in total. The molecule has 108 valence electrons. The van der Waals surface area contributed by atoms with Crippen LogP contribution < -0.4 is 5.32 Å². The van der Waals surface area contributed by atoms with Crippen molar-refractivity contribution in [2.75, 3.05) is 6.54 Å². The summed E-state index contributed by atoms with van der Waals surface area (Å²) < 4.78 is 38.8. The number of hydrogen-bond donors (Lipinski definition) is 1. The van der Waals surface area contributed by atoms with Crippen molar-refractivity contribution in [1.29, 1.82) is 0 Å². The second kappa shape index (κ2) is 6.24. The number of nitrogens with one attached hydrogen (secondary N) is 1. The van der Waals surface area contributed by atoms with Gasteiger partial charge < -0.3 is 5.32 Å². The summed E-state index contributed by atoms with van der Waals surface area (Å²) in [5.41, 5.74) is 0.895. The van der Waals surface area contributed by atoms with Crippen LogP contribution in [0.3, 0.4) is 0 Å². The molecule has 0 bridgehead atoms. The smallest absolute Gasteiger partial charge is 0.306 e. The molecule has 20 heavy (non-hydrogen) atoms. The Morgan fingerprint density at radius 2 is 2.05 bits per heavy atom. The van der Waals surface area contributed by atoms with Gasteiger partial charge in [-0.3, -0.25) is 0 Å². The van der Waals surface area contributed by atoms with Crippen LogP contribution in [0.1, 0.15) is 28.4 Å². The summed E-state index contributed by atoms with van der Waals surface area (Å²) in [6.45, 7) is 2.56. The van der Waals surface area contributed by atoms with E-state index in [1.807, 2.05) is 31.2 Å². The van der Waals surface area contributed by atoms with E-state index in [9.17, 15) is 13.2 Å². The van der Waals surface area contributed by atoms with E-state index in [-0.39, 0.29) is 6.04 Å². The van der Waals surface area contributed by atoms with Crippen molar-refractivity contribution in [3.63, 3.8) is 0 Å². The normalized spacial score (nSPS) is 13.4. The third-order valence-electron chi connectivity index (χ3n) is 2.68. The molecule has 0 saturated carbocycles. The molecule has 1 heterocycles. The molecule has 2 rings (SSSR count). The number of rotatable bonds is 4. The van der Waals surface area contributed by atoms with Gasteiger partial charge in [0.25, 0.3) is 0 Å². The summed E-state index contributed by atoms with van der Waals surface area (Å²) in [5, 5.41) is 2.38. The molecular formula is C13H12BrF3N2S. The topological polar surface area (TPSA) is 24.9 Å². The fourth-order valence-electron chi connectivity index (χ4n) is 1.83. The Bertz CT molecular complexity index is 583. The number of aromatic nitrogens is 1. The number of benzene rings is 1. The van der Waals surface area contributed by atoms with E-state index < -0.39 is 11.2 Å². The van der Waals surface area contributed by atoms with Crippen molar-refractivity contribution in [1.82, 2.24) is 10.3 Å². The Balaban J connectivity index is 2.39. The summed E-state index contributed by atoms with van der Waals surface area (Å²) in [5.74, 6) is 0. The van der Waals surface area contributed by atoms with Gasteiger partial charge in [0.2, 0.25) is 0 Å². The van der Waals surface area contributed by atoms with Gasteiger partial charge in [-0.2, -0.15) is 13.2 Å². The van der Waals surface area contributed by atoms with Crippen molar-refractivity contribution >= 4 is 27.3 Å². The first-order valence-electron chi connectivity index (χ1n) is 5.94. The Kier molecular flexibility index (Phi) is 4.82. The van der Waals surface area contributed by atoms with E-state index >= 15 is 0 Å². The first-order chi connectivity index (χ1) is 9.43. The lowest BCUT2D eigenvalue weighted by Gasteiger charge is -2.18. The van der Waals surface area contributed by atoms with E-state index in [1.165, 1.54) is 6.20 Å². The van der Waals surface area contributed by atoms with Crippen molar-refractivity contribution in [2.45, 2.75) is 19.1 Å². The summed E-state index contributed by atoms with van der Waals surface area (Å²) in [6.07, 6.45) is -3.10. The van der Waals surface area contributed by atoms with Gasteiger partial charge in [-0.25, -0.2) is 4.98 Å². The quantitative estimate of drug-likeness (QED) is 0.855. The minimum Gasteiger partial charge on any atom is -0.306 e. The molecule has 0 fully saturated rings. The lowest BCUT2D eigenvalue weighted by atomic mass is 10.1. The number of halogens is 4. The van der Waals surface area contributed by atoms with E-state index in [1.54, 1.807) is 0 Å². The molecule has 1 atom stereocenters. The molecule has 0 saturated heterocycles. The molecule has 0 radical (unpaired) electrons. The average molecular weight is 365 g/mol. The molecule has 1 unspecified atom stereocenters. The molecule has 0 amide bonds. The maximum atomic E-state index is 12.7. The molecule has 1 aromatic carbocycles. The number of thiazole rings is 1.